The molecule has 2 rings (SSSR count). The van der Waals surface area contributed by atoms with Crippen molar-refractivity contribution in [2.45, 2.75) is 367 Å². The van der Waals surface area contributed by atoms with Crippen LogP contribution in [0.2, 0.25) is 0 Å². The molecule has 10 heteroatoms. The maximum atomic E-state index is 12.6. The van der Waals surface area contributed by atoms with Gasteiger partial charge in [0.2, 0.25) is 11.1 Å². The quantitative estimate of drug-likeness (QED) is 0.0285. The first-order valence-corrected chi connectivity index (χ1v) is 35.7. The van der Waals surface area contributed by atoms with Crippen LogP contribution in [0.4, 0.5) is 0 Å². The van der Waals surface area contributed by atoms with Gasteiger partial charge in [-0.25, -0.2) is 0 Å². The number of carbonyl (C=O) groups is 2. The Balaban J connectivity index is -0.00000129. The standard InChI is InChI=1S/C37H67NO3.C19H33NO2.C18H35ClO.CH4.ClH/c1-3-5-7-9-11-12-13-14-15-16-17-18-19-21-23-25-36(41)38-37(32-39,33-40)31-30-35-28-26-34(27-29-35)24-22-20-10-8-6-4-2;1-2-3-4-5-6-7-8-17-9-11-18(12-10-17)13-14-19(20,15-21)16-22;1-2-3-4-5-6-7-8-9-10-11-12-13-14-15-16-17-18(19)20;;/h26-29,39-40H,3-25,30-33H2,1-2H3,(H,38,41);9-12,21-22H,2-8,13-16,20H2,1H3;2-17H2,1H3;1H4;1H. The van der Waals surface area contributed by atoms with Crippen LogP contribution in [0.15, 0.2) is 48.5 Å². The molecule has 0 unspecified atom stereocenters. The molecule has 0 saturated heterocycles. The summed E-state index contributed by atoms with van der Waals surface area (Å²) in [6.07, 6.45) is 61.6. The number of hydrogen-bond donors (Lipinski definition) is 6. The SMILES string of the molecule is C.CCCCCCCCCCCCCCCCCC(=O)Cl.CCCCCCCCCCCCCCCCCC(=O)NC(CO)(CO)CCc1ccc(CCCCCCCC)cc1.CCCCCCCCc1ccc(CCC(N)(CO)CO)cc1.Cl. The smallest absolute Gasteiger partial charge is 0.221 e. The van der Waals surface area contributed by atoms with Gasteiger partial charge in [0.05, 0.1) is 37.5 Å². The van der Waals surface area contributed by atoms with Crippen molar-refractivity contribution in [2.75, 3.05) is 26.4 Å². The highest BCUT2D eigenvalue weighted by Crippen LogP contribution is 2.21. The number of aryl methyl sites for hydroxylation is 4. The van der Waals surface area contributed by atoms with Crippen LogP contribution in [-0.4, -0.2) is 69.1 Å². The van der Waals surface area contributed by atoms with Crippen LogP contribution in [0.5, 0.6) is 0 Å². The van der Waals surface area contributed by atoms with E-state index in [1.54, 1.807) is 0 Å². The van der Waals surface area contributed by atoms with Gasteiger partial charge in [-0.2, -0.15) is 0 Å². The van der Waals surface area contributed by atoms with Crippen LogP contribution in [0.25, 0.3) is 0 Å². The lowest BCUT2D eigenvalue weighted by molar-refractivity contribution is -0.124. The molecule has 0 aliphatic carbocycles. The highest BCUT2D eigenvalue weighted by Gasteiger charge is 2.30. The van der Waals surface area contributed by atoms with E-state index < -0.39 is 11.1 Å². The Bertz CT molecular complexity index is 1670. The van der Waals surface area contributed by atoms with E-state index in [9.17, 15) is 30.0 Å². The van der Waals surface area contributed by atoms with Crippen molar-refractivity contribution >= 4 is 35.2 Å². The molecule has 0 atom stereocenters. The number of nitrogens with two attached hydrogens (primary N) is 1. The lowest BCUT2D eigenvalue weighted by Gasteiger charge is -2.31. The fraction of sp³-hybridized carbons (Fsp3) is 0.813. The van der Waals surface area contributed by atoms with Gasteiger partial charge < -0.3 is 31.5 Å². The molecule has 0 radical (unpaired) electrons. The molecule has 0 heterocycles. The Morgan fingerprint density at radius 2 is 0.600 bits per heavy atom. The van der Waals surface area contributed by atoms with Crippen LogP contribution in [0.1, 0.15) is 353 Å². The zero-order valence-corrected chi connectivity index (χ0v) is 56.8. The highest BCUT2D eigenvalue weighted by atomic mass is 35.5. The van der Waals surface area contributed by atoms with E-state index in [0.29, 0.717) is 25.7 Å². The van der Waals surface area contributed by atoms with Gasteiger partial charge in [-0.15, -0.1) is 12.4 Å². The van der Waals surface area contributed by atoms with E-state index in [2.05, 4.69) is 81.5 Å². The molecule has 85 heavy (non-hydrogen) atoms. The van der Waals surface area contributed by atoms with Crippen LogP contribution >= 0.6 is 24.0 Å². The van der Waals surface area contributed by atoms with E-state index in [4.69, 9.17) is 17.3 Å². The first kappa shape index (κ1) is 87.2. The third-order valence-electron chi connectivity index (χ3n) is 17.1. The molecule has 7 N–H and O–H groups in total. The number of amides is 1. The molecule has 0 saturated carbocycles. The van der Waals surface area contributed by atoms with Crippen molar-refractivity contribution in [3.8, 4) is 0 Å². The van der Waals surface area contributed by atoms with E-state index in [-0.39, 0.29) is 57.4 Å². The summed E-state index contributed by atoms with van der Waals surface area (Å²) in [4.78, 5) is 23.2. The predicted molar refractivity (Wildman–Crippen MR) is 374 cm³/mol. The predicted octanol–water partition coefficient (Wildman–Crippen LogP) is 20.9. The van der Waals surface area contributed by atoms with Crippen LogP contribution in [-0.2, 0) is 35.3 Å². The van der Waals surface area contributed by atoms with Gasteiger partial charge in [0.25, 0.3) is 0 Å². The molecular formula is C75H140Cl2N2O6. The van der Waals surface area contributed by atoms with Crippen LogP contribution in [0, 0.1) is 0 Å². The molecule has 500 valence electrons. The molecule has 0 aromatic heterocycles. The van der Waals surface area contributed by atoms with Crippen molar-refractivity contribution in [2.24, 2.45) is 5.73 Å². The summed E-state index contributed by atoms with van der Waals surface area (Å²) < 4.78 is 0. The molecule has 2 aromatic carbocycles. The van der Waals surface area contributed by atoms with Gasteiger partial charge in [-0.05, 0) is 98.1 Å². The lowest BCUT2D eigenvalue weighted by Crippen LogP contribution is -2.54. The van der Waals surface area contributed by atoms with Gasteiger partial charge in [0.1, 0.15) is 0 Å². The second-order valence-electron chi connectivity index (χ2n) is 25.2. The molecule has 1 amide bonds. The number of aliphatic hydroxyl groups excluding tert-OH is 4. The number of rotatable bonds is 57. The molecular weight excluding hydrogens is 1100 g/mol. The van der Waals surface area contributed by atoms with Crippen molar-refractivity contribution in [1.29, 1.82) is 0 Å². The van der Waals surface area contributed by atoms with Gasteiger partial charge in [-0.3, -0.25) is 9.59 Å². The minimum absolute atomic E-state index is 0. The Morgan fingerprint density at radius 1 is 0.365 bits per heavy atom. The van der Waals surface area contributed by atoms with E-state index in [1.807, 2.05) is 0 Å². The number of hydrogen-bond acceptors (Lipinski definition) is 7. The second-order valence-corrected chi connectivity index (χ2v) is 25.7. The second kappa shape index (κ2) is 64.9. The zero-order chi connectivity index (χ0) is 61.0. The topological polar surface area (TPSA) is 153 Å². The first-order chi connectivity index (χ1) is 40.5. The normalized spacial score (nSPS) is 11.3. The first-order valence-electron chi connectivity index (χ1n) is 35.4. The van der Waals surface area contributed by atoms with Gasteiger partial charge in [-0.1, -0.05) is 328 Å². The Kier molecular flexibility index (Phi) is 66.6. The molecule has 0 aliphatic heterocycles. The van der Waals surface area contributed by atoms with Gasteiger partial charge >= 0.3 is 0 Å². The Morgan fingerprint density at radius 3 is 0.859 bits per heavy atom. The van der Waals surface area contributed by atoms with Gasteiger partial charge in [0, 0.05) is 12.8 Å². The summed E-state index contributed by atoms with van der Waals surface area (Å²) in [6.45, 7) is 8.20. The largest absolute Gasteiger partial charge is 0.394 e. The number of benzene rings is 2. The third-order valence-corrected chi connectivity index (χ3v) is 17.3. The summed E-state index contributed by atoms with van der Waals surface area (Å²) in [5.74, 6) is -0.0583. The number of aliphatic hydroxyl groups is 4. The lowest BCUT2D eigenvalue weighted by atomic mass is 9.91. The minimum Gasteiger partial charge on any atom is -0.394 e. The average molecular weight is 1240 g/mol. The van der Waals surface area contributed by atoms with Crippen molar-refractivity contribution in [1.82, 2.24) is 5.32 Å². The summed E-state index contributed by atoms with van der Waals surface area (Å²) in [5, 5.41) is 41.3. The summed E-state index contributed by atoms with van der Waals surface area (Å²) >= 11 is 5.30. The zero-order valence-electron chi connectivity index (χ0n) is 55.3. The monoisotopic (exact) mass is 1240 g/mol. The van der Waals surface area contributed by atoms with E-state index in [1.165, 1.54) is 266 Å². The third kappa shape index (κ3) is 55.7. The van der Waals surface area contributed by atoms with Crippen LogP contribution in [0.3, 0.4) is 0 Å². The Hall–Kier alpha value is -2.04. The maximum absolute atomic E-state index is 12.6. The minimum atomic E-state index is -0.955. The maximum Gasteiger partial charge on any atom is 0.221 e. The molecule has 0 spiro atoms. The molecule has 0 aliphatic rings. The molecule has 0 bridgehead atoms. The summed E-state index contributed by atoms with van der Waals surface area (Å²) in [7, 11) is 0. The summed E-state index contributed by atoms with van der Waals surface area (Å²) in [5.41, 5.74) is 9.23. The Labute approximate surface area is 537 Å². The number of halogens is 2. The average Bonchev–Trinajstić information content (AvgIpc) is 3.52. The van der Waals surface area contributed by atoms with Crippen molar-refractivity contribution in [3.05, 3.63) is 70.8 Å². The molecule has 0 fully saturated rings. The van der Waals surface area contributed by atoms with Crippen LogP contribution < -0.4 is 11.1 Å². The number of carbonyl (C=O) groups excluding carboxylic acids is 2. The number of nitrogens with one attached hydrogen (secondary N) is 1. The highest BCUT2D eigenvalue weighted by molar-refractivity contribution is 6.63. The summed E-state index contributed by atoms with van der Waals surface area (Å²) in [6, 6.07) is 17.4. The van der Waals surface area contributed by atoms with E-state index in [0.717, 1.165) is 51.4 Å². The fourth-order valence-electron chi connectivity index (χ4n) is 10.9. The van der Waals surface area contributed by atoms with Crippen molar-refractivity contribution in [3.63, 3.8) is 0 Å². The van der Waals surface area contributed by atoms with Gasteiger partial charge in [0.15, 0.2) is 0 Å². The van der Waals surface area contributed by atoms with Crippen molar-refractivity contribution < 1.29 is 30.0 Å². The molecule has 2 aromatic rings. The molecule has 8 nitrogen and oxygen atoms in total. The number of unbranched alkanes of at least 4 members (excludes halogenated alkanes) is 38. The fourth-order valence-corrected chi connectivity index (χ4v) is 11.1. The van der Waals surface area contributed by atoms with E-state index >= 15 is 0 Å².